The van der Waals surface area contributed by atoms with Gasteiger partial charge in [-0.15, -0.1) is 0 Å². The number of methoxy groups -OCH3 is 1. The van der Waals surface area contributed by atoms with Crippen molar-refractivity contribution >= 4 is 17.1 Å². The van der Waals surface area contributed by atoms with Crippen molar-refractivity contribution in [3.8, 4) is 5.88 Å². The summed E-state index contributed by atoms with van der Waals surface area (Å²) < 4.78 is 9.43. The highest BCUT2D eigenvalue weighted by atomic mass is 16.7. The maximum absolute atomic E-state index is 11.1. The first-order valence-electron chi connectivity index (χ1n) is 5.17. The molecule has 0 unspecified atom stereocenters. The number of carbonyl (C=O) groups is 1. The lowest BCUT2D eigenvalue weighted by atomic mass is 10.1. The van der Waals surface area contributed by atoms with E-state index in [0.29, 0.717) is 13.0 Å². The van der Waals surface area contributed by atoms with E-state index in [1.807, 2.05) is 6.20 Å². The van der Waals surface area contributed by atoms with Crippen LogP contribution >= 0.6 is 0 Å². The van der Waals surface area contributed by atoms with Gasteiger partial charge in [-0.3, -0.25) is 0 Å². The van der Waals surface area contributed by atoms with E-state index >= 15 is 0 Å². The molecule has 2 heterocycles. The minimum Gasteiger partial charge on any atom is -0.437 e. The van der Waals surface area contributed by atoms with Gasteiger partial charge in [0, 0.05) is 12.4 Å². The molecule has 0 amide bonds. The summed E-state index contributed by atoms with van der Waals surface area (Å²) in [5.74, 6) is 0.235. The molecule has 0 aliphatic rings. The standard InChI is InChI=1S/C11H13N3O3/c1-16-11(15)17-10-9-7(2-4-12)6-14-8(9)3-5-13-10/h3,5-6,14H,2,4,12H2,1H3. The van der Waals surface area contributed by atoms with Crippen molar-refractivity contribution in [3.05, 3.63) is 24.0 Å². The molecule has 0 aliphatic heterocycles. The molecule has 0 spiro atoms. The van der Waals surface area contributed by atoms with Gasteiger partial charge >= 0.3 is 6.16 Å². The van der Waals surface area contributed by atoms with Gasteiger partial charge in [-0.2, -0.15) is 0 Å². The molecule has 3 N–H and O–H groups in total. The van der Waals surface area contributed by atoms with Crippen LogP contribution in [0, 0.1) is 0 Å². The van der Waals surface area contributed by atoms with E-state index in [1.165, 1.54) is 7.11 Å². The van der Waals surface area contributed by atoms with Crippen LogP contribution in [0.1, 0.15) is 5.56 Å². The molecule has 6 nitrogen and oxygen atoms in total. The molecule has 0 radical (unpaired) electrons. The topological polar surface area (TPSA) is 90.2 Å². The molecule has 0 aromatic carbocycles. The number of carbonyl (C=O) groups excluding carboxylic acids is 1. The minimum absolute atomic E-state index is 0.235. The zero-order valence-electron chi connectivity index (χ0n) is 9.40. The Morgan fingerprint density at radius 3 is 3.12 bits per heavy atom. The van der Waals surface area contributed by atoms with Gasteiger partial charge < -0.3 is 20.2 Å². The van der Waals surface area contributed by atoms with Gasteiger partial charge in [0.05, 0.1) is 18.0 Å². The number of fused-ring (bicyclic) bond motifs is 1. The maximum atomic E-state index is 11.1. The lowest BCUT2D eigenvalue weighted by molar-refractivity contribution is 0.120. The number of nitrogens with one attached hydrogen (secondary N) is 1. The van der Waals surface area contributed by atoms with Crippen LogP contribution in [0.3, 0.4) is 0 Å². The number of rotatable bonds is 3. The molecule has 0 fully saturated rings. The Morgan fingerprint density at radius 2 is 2.41 bits per heavy atom. The van der Waals surface area contributed by atoms with Crippen LogP contribution in [0.4, 0.5) is 4.79 Å². The zero-order chi connectivity index (χ0) is 12.3. The highest BCUT2D eigenvalue weighted by Gasteiger charge is 2.13. The summed E-state index contributed by atoms with van der Waals surface area (Å²) in [6, 6.07) is 1.81. The number of nitrogens with zero attached hydrogens (tertiary/aromatic N) is 1. The Hall–Kier alpha value is -2.08. The summed E-state index contributed by atoms with van der Waals surface area (Å²) in [7, 11) is 1.25. The quantitative estimate of drug-likeness (QED) is 0.780. The van der Waals surface area contributed by atoms with Crippen molar-refractivity contribution in [2.75, 3.05) is 13.7 Å². The number of aromatic amines is 1. The third-order valence-corrected chi connectivity index (χ3v) is 2.40. The Morgan fingerprint density at radius 1 is 1.59 bits per heavy atom. The van der Waals surface area contributed by atoms with E-state index in [1.54, 1.807) is 12.3 Å². The first kappa shape index (κ1) is 11.4. The third kappa shape index (κ3) is 2.21. The van der Waals surface area contributed by atoms with Crippen LogP contribution in [0.25, 0.3) is 10.9 Å². The van der Waals surface area contributed by atoms with E-state index in [2.05, 4.69) is 14.7 Å². The Balaban J connectivity index is 2.46. The van der Waals surface area contributed by atoms with Crippen molar-refractivity contribution in [1.29, 1.82) is 0 Å². The summed E-state index contributed by atoms with van der Waals surface area (Å²) in [6.07, 6.45) is 3.29. The van der Waals surface area contributed by atoms with Crippen LogP contribution in [0.15, 0.2) is 18.5 Å². The van der Waals surface area contributed by atoms with Crippen LogP contribution in [0.5, 0.6) is 5.88 Å². The lowest BCUT2D eigenvalue weighted by Gasteiger charge is -2.04. The van der Waals surface area contributed by atoms with E-state index in [0.717, 1.165) is 16.5 Å². The maximum Gasteiger partial charge on any atom is 0.514 e. The van der Waals surface area contributed by atoms with Crippen LogP contribution in [-0.4, -0.2) is 29.8 Å². The van der Waals surface area contributed by atoms with Gasteiger partial charge in [0.1, 0.15) is 0 Å². The van der Waals surface area contributed by atoms with Gasteiger partial charge in [-0.1, -0.05) is 0 Å². The smallest absolute Gasteiger partial charge is 0.437 e. The first-order valence-corrected chi connectivity index (χ1v) is 5.17. The van der Waals surface area contributed by atoms with Crippen molar-refractivity contribution < 1.29 is 14.3 Å². The second-order valence-corrected chi connectivity index (χ2v) is 3.45. The largest absolute Gasteiger partial charge is 0.514 e. The van der Waals surface area contributed by atoms with Crippen molar-refractivity contribution in [2.45, 2.75) is 6.42 Å². The molecule has 0 bridgehead atoms. The fourth-order valence-corrected chi connectivity index (χ4v) is 1.66. The normalized spacial score (nSPS) is 10.5. The van der Waals surface area contributed by atoms with Gasteiger partial charge in [0.25, 0.3) is 0 Å². The number of aromatic nitrogens is 2. The second-order valence-electron chi connectivity index (χ2n) is 3.45. The van der Waals surface area contributed by atoms with Gasteiger partial charge in [-0.25, -0.2) is 9.78 Å². The fraction of sp³-hybridized carbons (Fsp3) is 0.273. The molecule has 0 atom stereocenters. The summed E-state index contributed by atoms with van der Waals surface area (Å²) in [5.41, 5.74) is 7.34. The first-order chi connectivity index (χ1) is 8.26. The predicted octanol–water partition coefficient (Wildman–Crippen LogP) is 1.21. The summed E-state index contributed by atoms with van der Waals surface area (Å²) >= 11 is 0. The fourth-order valence-electron chi connectivity index (χ4n) is 1.66. The Bertz CT molecular complexity index is 536. The number of ether oxygens (including phenoxy) is 2. The Labute approximate surface area is 97.7 Å². The highest BCUT2D eigenvalue weighted by Crippen LogP contribution is 2.26. The van der Waals surface area contributed by atoms with Crippen LogP contribution in [-0.2, 0) is 11.2 Å². The molecule has 0 aliphatic carbocycles. The average molecular weight is 235 g/mol. The average Bonchev–Trinajstić information content (AvgIpc) is 2.74. The summed E-state index contributed by atoms with van der Waals surface area (Å²) in [6.45, 7) is 0.513. The molecule has 90 valence electrons. The minimum atomic E-state index is -0.787. The second kappa shape index (κ2) is 4.84. The highest BCUT2D eigenvalue weighted by molar-refractivity contribution is 5.89. The molecular weight excluding hydrogens is 222 g/mol. The van der Waals surface area contributed by atoms with Crippen LogP contribution in [0.2, 0.25) is 0 Å². The molecule has 0 saturated carbocycles. The monoisotopic (exact) mass is 235 g/mol. The SMILES string of the molecule is COC(=O)Oc1nccc2[nH]cc(CCN)c12. The molecule has 2 aromatic rings. The van der Waals surface area contributed by atoms with Crippen LogP contribution < -0.4 is 10.5 Å². The number of hydrogen-bond acceptors (Lipinski definition) is 5. The third-order valence-electron chi connectivity index (χ3n) is 2.40. The predicted molar refractivity (Wildman–Crippen MR) is 61.9 cm³/mol. The molecule has 2 rings (SSSR count). The molecule has 2 aromatic heterocycles. The van der Waals surface area contributed by atoms with E-state index in [-0.39, 0.29) is 5.88 Å². The zero-order valence-corrected chi connectivity index (χ0v) is 9.40. The van der Waals surface area contributed by atoms with Crippen molar-refractivity contribution in [1.82, 2.24) is 9.97 Å². The number of hydrogen-bond donors (Lipinski definition) is 2. The van der Waals surface area contributed by atoms with Gasteiger partial charge in [-0.05, 0) is 24.6 Å². The van der Waals surface area contributed by atoms with E-state index in [4.69, 9.17) is 10.5 Å². The molecule has 0 saturated heterocycles. The van der Waals surface area contributed by atoms with E-state index < -0.39 is 6.16 Å². The van der Waals surface area contributed by atoms with Crippen molar-refractivity contribution in [2.24, 2.45) is 5.73 Å². The Kier molecular flexibility index (Phi) is 3.24. The van der Waals surface area contributed by atoms with Gasteiger partial charge in [0.15, 0.2) is 0 Å². The molecule has 17 heavy (non-hydrogen) atoms. The number of nitrogens with two attached hydrogens (primary N) is 1. The number of pyridine rings is 1. The number of H-pyrrole nitrogens is 1. The molecular formula is C11H13N3O3. The summed E-state index contributed by atoms with van der Waals surface area (Å²) in [4.78, 5) is 18.2. The molecule has 6 heteroatoms. The summed E-state index contributed by atoms with van der Waals surface area (Å²) in [5, 5.41) is 0.767. The lowest BCUT2D eigenvalue weighted by Crippen LogP contribution is -2.09. The van der Waals surface area contributed by atoms with Gasteiger partial charge in [0.2, 0.25) is 5.88 Å². The van der Waals surface area contributed by atoms with Crippen molar-refractivity contribution in [3.63, 3.8) is 0 Å². The van der Waals surface area contributed by atoms with E-state index in [9.17, 15) is 4.79 Å².